The van der Waals surface area contributed by atoms with E-state index in [1.165, 1.54) is 30.2 Å². The average molecular weight is 424 g/mol. The van der Waals surface area contributed by atoms with Crippen LogP contribution >= 0.6 is 0 Å². The van der Waals surface area contributed by atoms with Gasteiger partial charge in [0, 0.05) is 50.7 Å². The summed E-state index contributed by atoms with van der Waals surface area (Å²) < 4.78 is 6.51. The van der Waals surface area contributed by atoms with Crippen LogP contribution in [-0.4, -0.2) is 59.5 Å². The fraction of sp³-hybridized carbons (Fsp3) is 0.615. The number of unbranched alkanes of at least 4 members (excludes halogenated alkanes) is 2. The van der Waals surface area contributed by atoms with Gasteiger partial charge in [-0.15, -0.1) is 0 Å². The fourth-order valence-electron chi connectivity index (χ4n) is 4.84. The summed E-state index contributed by atoms with van der Waals surface area (Å²) in [7, 11) is 0. The number of benzene rings is 1. The fourth-order valence-corrected chi connectivity index (χ4v) is 4.84. The highest BCUT2D eigenvalue weighted by atomic mass is 16.5. The molecule has 0 radical (unpaired) electrons. The molecule has 0 N–H and O–H groups in total. The van der Waals surface area contributed by atoms with E-state index in [4.69, 9.17) is 4.74 Å². The van der Waals surface area contributed by atoms with E-state index in [9.17, 15) is 4.79 Å². The van der Waals surface area contributed by atoms with Crippen LogP contribution in [0.25, 0.3) is 10.9 Å². The van der Waals surface area contributed by atoms with Crippen molar-refractivity contribution in [2.24, 2.45) is 0 Å². The van der Waals surface area contributed by atoms with Gasteiger partial charge in [0.05, 0.1) is 0 Å². The van der Waals surface area contributed by atoms with Gasteiger partial charge < -0.3 is 14.5 Å². The number of aryl methyl sites for hydroxylation is 1. The topological polar surface area (TPSA) is 45.7 Å². The SMILES string of the molecule is CCCCCc1cc(OC2CCN(CCC(=O)N3CCCC3)CC2)c2ncccc2c1. The third-order valence-electron chi connectivity index (χ3n) is 6.73. The lowest BCUT2D eigenvalue weighted by molar-refractivity contribution is -0.130. The number of ether oxygens (including phenoxy) is 1. The normalized spacial score (nSPS) is 18.0. The molecule has 1 amide bonds. The molecule has 2 fully saturated rings. The number of likely N-dealkylation sites (tertiary alicyclic amines) is 2. The molecule has 2 aliphatic heterocycles. The van der Waals surface area contributed by atoms with E-state index in [1.807, 2.05) is 17.2 Å². The molecule has 31 heavy (non-hydrogen) atoms. The molecule has 2 saturated heterocycles. The number of amides is 1. The predicted molar refractivity (Wildman–Crippen MR) is 125 cm³/mol. The second-order valence-electron chi connectivity index (χ2n) is 9.12. The molecule has 0 bridgehead atoms. The maximum atomic E-state index is 12.3. The van der Waals surface area contributed by atoms with E-state index in [-0.39, 0.29) is 6.10 Å². The second-order valence-corrected chi connectivity index (χ2v) is 9.12. The largest absolute Gasteiger partial charge is 0.488 e. The first-order valence-electron chi connectivity index (χ1n) is 12.3. The smallest absolute Gasteiger partial charge is 0.223 e. The van der Waals surface area contributed by atoms with Gasteiger partial charge in [-0.05, 0) is 62.3 Å². The molecule has 168 valence electrons. The molecule has 1 aromatic heterocycles. The van der Waals surface area contributed by atoms with Crippen LogP contribution in [0.5, 0.6) is 5.75 Å². The summed E-state index contributed by atoms with van der Waals surface area (Å²) in [6.45, 7) is 7.02. The average Bonchev–Trinajstić information content (AvgIpc) is 3.34. The zero-order chi connectivity index (χ0) is 21.5. The monoisotopic (exact) mass is 423 g/mol. The lowest BCUT2D eigenvalue weighted by atomic mass is 10.0. The van der Waals surface area contributed by atoms with Crippen LogP contribution in [0.3, 0.4) is 0 Å². The van der Waals surface area contributed by atoms with E-state index in [0.29, 0.717) is 12.3 Å². The maximum Gasteiger partial charge on any atom is 0.223 e. The summed E-state index contributed by atoms with van der Waals surface area (Å²) >= 11 is 0. The van der Waals surface area contributed by atoms with Crippen LogP contribution in [0.15, 0.2) is 30.5 Å². The Balaban J connectivity index is 1.31. The Labute approximate surface area is 186 Å². The number of pyridine rings is 1. The zero-order valence-electron chi connectivity index (χ0n) is 19.0. The van der Waals surface area contributed by atoms with Crippen LogP contribution in [0.4, 0.5) is 0 Å². The number of piperidine rings is 1. The van der Waals surface area contributed by atoms with E-state index in [2.05, 4.69) is 35.0 Å². The quantitative estimate of drug-likeness (QED) is 0.542. The van der Waals surface area contributed by atoms with Gasteiger partial charge in [0.25, 0.3) is 0 Å². The van der Waals surface area contributed by atoms with Gasteiger partial charge >= 0.3 is 0 Å². The van der Waals surface area contributed by atoms with Gasteiger partial charge in [-0.25, -0.2) is 0 Å². The zero-order valence-corrected chi connectivity index (χ0v) is 19.0. The van der Waals surface area contributed by atoms with Gasteiger partial charge in [-0.2, -0.15) is 0 Å². The Morgan fingerprint density at radius 3 is 2.71 bits per heavy atom. The van der Waals surface area contributed by atoms with Gasteiger partial charge in [0.15, 0.2) is 0 Å². The lowest BCUT2D eigenvalue weighted by Crippen LogP contribution is -2.40. The van der Waals surface area contributed by atoms with Crippen LogP contribution in [0.2, 0.25) is 0 Å². The number of hydrogen-bond acceptors (Lipinski definition) is 4. The highest BCUT2D eigenvalue weighted by Gasteiger charge is 2.23. The summed E-state index contributed by atoms with van der Waals surface area (Å²) in [5, 5.41) is 1.17. The predicted octanol–water partition coefficient (Wildman–Crippen LogP) is 4.82. The third-order valence-corrected chi connectivity index (χ3v) is 6.73. The number of aromatic nitrogens is 1. The molecule has 2 aromatic rings. The van der Waals surface area contributed by atoms with Crippen molar-refractivity contribution in [3.8, 4) is 5.75 Å². The van der Waals surface area contributed by atoms with Crippen LogP contribution < -0.4 is 4.74 Å². The molecule has 3 heterocycles. The number of rotatable bonds is 9. The molecule has 2 aliphatic rings. The van der Waals surface area contributed by atoms with Crippen molar-refractivity contribution < 1.29 is 9.53 Å². The van der Waals surface area contributed by atoms with E-state index >= 15 is 0 Å². The van der Waals surface area contributed by atoms with Gasteiger partial charge in [-0.1, -0.05) is 25.8 Å². The van der Waals surface area contributed by atoms with Crippen LogP contribution in [0.1, 0.15) is 63.9 Å². The lowest BCUT2D eigenvalue weighted by Gasteiger charge is -2.32. The Morgan fingerprint density at radius 1 is 1.13 bits per heavy atom. The minimum Gasteiger partial charge on any atom is -0.488 e. The Hall–Kier alpha value is -2.14. The van der Waals surface area contributed by atoms with Crippen molar-refractivity contribution in [1.82, 2.24) is 14.8 Å². The first-order valence-corrected chi connectivity index (χ1v) is 12.3. The summed E-state index contributed by atoms with van der Waals surface area (Å²) in [5.74, 6) is 1.26. The molecule has 0 saturated carbocycles. The van der Waals surface area contributed by atoms with E-state index < -0.39 is 0 Å². The first kappa shape index (κ1) is 22.1. The summed E-state index contributed by atoms with van der Waals surface area (Å²) in [6.07, 6.45) is 11.9. The number of fused-ring (bicyclic) bond motifs is 1. The maximum absolute atomic E-state index is 12.3. The summed E-state index contributed by atoms with van der Waals surface area (Å²) in [6, 6.07) is 8.62. The Kier molecular flexibility index (Phi) is 7.79. The molecule has 0 atom stereocenters. The van der Waals surface area contributed by atoms with Crippen molar-refractivity contribution in [3.63, 3.8) is 0 Å². The number of carbonyl (C=O) groups excluding carboxylic acids is 1. The molecule has 5 heteroatoms. The molecule has 1 aromatic carbocycles. The number of hydrogen-bond donors (Lipinski definition) is 0. The molecule has 4 rings (SSSR count). The van der Waals surface area contributed by atoms with Crippen LogP contribution in [-0.2, 0) is 11.2 Å². The summed E-state index contributed by atoms with van der Waals surface area (Å²) in [5.41, 5.74) is 2.32. The number of nitrogens with zero attached hydrogens (tertiary/aromatic N) is 3. The van der Waals surface area contributed by atoms with Crippen molar-refractivity contribution in [2.45, 2.75) is 70.8 Å². The molecular formula is C26H37N3O2. The van der Waals surface area contributed by atoms with Crippen LogP contribution in [0, 0.1) is 0 Å². The van der Waals surface area contributed by atoms with Gasteiger partial charge in [-0.3, -0.25) is 9.78 Å². The van der Waals surface area contributed by atoms with Crippen molar-refractivity contribution in [3.05, 3.63) is 36.0 Å². The molecule has 0 unspecified atom stereocenters. The van der Waals surface area contributed by atoms with Crippen molar-refractivity contribution in [2.75, 3.05) is 32.7 Å². The van der Waals surface area contributed by atoms with E-state index in [1.54, 1.807) is 0 Å². The molecular weight excluding hydrogens is 386 g/mol. The third kappa shape index (κ3) is 5.97. The number of carbonyl (C=O) groups is 1. The Morgan fingerprint density at radius 2 is 1.94 bits per heavy atom. The summed E-state index contributed by atoms with van der Waals surface area (Å²) in [4.78, 5) is 21.4. The Bertz CT molecular complexity index is 855. The van der Waals surface area contributed by atoms with Crippen molar-refractivity contribution >= 4 is 16.8 Å². The van der Waals surface area contributed by atoms with Gasteiger partial charge in [0.1, 0.15) is 17.4 Å². The molecule has 0 aliphatic carbocycles. The first-order chi connectivity index (χ1) is 15.2. The van der Waals surface area contributed by atoms with Crippen molar-refractivity contribution in [1.29, 1.82) is 0 Å². The standard InChI is InChI=1S/C26H37N3O2/c1-2-3-4-8-21-19-22-9-7-13-27-26(22)24(20-21)31-23-10-16-28(17-11-23)18-12-25(30)29-14-5-6-15-29/h7,9,13,19-20,23H,2-6,8,10-12,14-18H2,1H3. The second kappa shape index (κ2) is 10.9. The highest BCUT2D eigenvalue weighted by molar-refractivity contribution is 5.85. The van der Waals surface area contributed by atoms with E-state index in [0.717, 1.165) is 76.1 Å². The highest BCUT2D eigenvalue weighted by Crippen LogP contribution is 2.29. The molecule has 0 spiro atoms. The minimum atomic E-state index is 0.224. The van der Waals surface area contributed by atoms with Gasteiger partial charge in [0.2, 0.25) is 5.91 Å². The minimum absolute atomic E-state index is 0.224. The molecule has 5 nitrogen and oxygen atoms in total.